The lowest BCUT2D eigenvalue weighted by Gasteiger charge is -2.26. The summed E-state index contributed by atoms with van der Waals surface area (Å²) in [6, 6.07) is 0. The lowest BCUT2D eigenvalue weighted by molar-refractivity contribution is -0.193. The number of aliphatic hydroxyl groups is 3. The van der Waals surface area contributed by atoms with Crippen molar-refractivity contribution in [2.45, 2.75) is 24.9 Å². The van der Waals surface area contributed by atoms with Gasteiger partial charge in [-0.2, -0.15) is 0 Å². The van der Waals surface area contributed by atoms with Crippen LogP contribution in [-0.4, -0.2) is 40.4 Å². The van der Waals surface area contributed by atoms with Crippen molar-refractivity contribution in [1.29, 1.82) is 0 Å². The molecule has 3 atom stereocenters. The zero-order chi connectivity index (χ0) is 6.85. The van der Waals surface area contributed by atoms with Gasteiger partial charge in [-0.05, 0) is 0 Å². The Balaban J connectivity index is 2.35. The summed E-state index contributed by atoms with van der Waals surface area (Å²) in [7, 11) is 0. The fraction of sp³-hybridized carbons (Fsp3) is 1.00. The minimum Gasteiger partial charge on any atom is -0.390 e. The Morgan fingerprint density at radius 3 is 2.22 bits per heavy atom. The van der Waals surface area contributed by atoms with E-state index in [2.05, 4.69) is 4.74 Å². The van der Waals surface area contributed by atoms with Crippen LogP contribution in [0, 0.1) is 0 Å². The standard InChI is InChI=1S/C5H10O4/c6-3-1-5(8)9-2-4(3)7/h3-8H,1-2H2/t3-,4-,5+/m1/s1. The van der Waals surface area contributed by atoms with Gasteiger partial charge in [0.2, 0.25) is 0 Å². The third-order valence-electron chi connectivity index (χ3n) is 1.35. The summed E-state index contributed by atoms with van der Waals surface area (Å²) in [5.41, 5.74) is 0. The lowest BCUT2D eigenvalue weighted by Crippen LogP contribution is -2.40. The van der Waals surface area contributed by atoms with Gasteiger partial charge >= 0.3 is 0 Å². The molecule has 0 amide bonds. The van der Waals surface area contributed by atoms with Crippen LogP contribution >= 0.6 is 0 Å². The van der Waals surface area contributed by atoms with Crippen LogP contribution in [0.4, 0.5) is 0 Å². The Hall–Kier alpha value is -0.160. The topological polar surface area (TPSA) is 69.9 Å². The van der Waals surface area contributed by atoms with E-state index in [1.165, 1.54) is 0 Å². The molecule has 0 bridgehead atoms. The number of rotatable bonds is 0. The molecule has 1 rings (SSSR count). The molecule has 0 aromatic heterocycles. The van der Waals surface area contributed by atoms with Gasteiger partial charge in [-0.1, -0.05) is 0 Å². The monoisotopic (exact) mass is 134 g/mol. The summed E-state index contributed by atoms with van der Waals surface area (Å²) >= 11 is 0. The molecule has 4 heteroatoms. The molecule has 3 N–H and O–H groups in total. The Kier molecular flexibility index (Phi) is 2.02. The van der Waals surface area contributed by atoms with E-state index in [9.17, 15) is 0 Å². The van der Waals surface area contributed by atoms with Crippen molar-refractivity contribution in [3.63, 3.8) is 0 Å². The zero-order valence-electron chi connectivity index (χ0n) is 4.90. The minimum absolute atomic E-state index is 0.0162. The molecular formula is C5H10O4. The molecule has 9 heavy (non-hydrogen) atoms. The number of hydrogen-bond acceptors (Lipinski definition) is 4. The molecule has 54 valence electrons. The first-order valence-electron chi connectivity index (χ1n) is 2.86. The third-order valence-corrected chi connectivity index (χ3v) is 1.35. The van der Waals surface area contributed by atoms with Crippen molar-refractivity contribution in [3.8, 4) is 0 Å². The lowest BCUT2D eigenvalue weighted by atomic mass is 10.1. The van der Waals surface area contributed by atoms with Gasteiger partial charge in [0.15, 0.2) is 6.29 Å². The molecule has 0 aromatic carbocycles. The molecule has 1 fully saturated rings. The van der Waals surface area contributed by atoms with E-state index in [0.717, 1.165) is 0 Å². The summed E-state index contributed by atoms with van der Waals surface area (Å²) in [5.74, 6) is 0. The van der Waals surface area contributed by atoms with E-state index in [1.54, 1.807) is 0 Å². The second-order valence-corrected chi connectivity index (χ2v) is 2.16. The first kappa shape index (κ1) is 6.95. The van der Waals surface area contributed by atoms with Gasteiger partial charge in [0.1, 0.15) is 6.10 Å². The molecule has 0 aromatic rings. The molecule has 1 heterocycles. The average molecular weight is 134 g/mol. The highest BCUT2D eigenvalue weighted by molar-refractivity contribution is 4.72. The van der Waals surface area contributed by atoms with E-state index in [1.807, 2.05) is 0 Å². The van der Waals surface area contributed by atoms with Gasteiger partial charge in [0.25, 0.3) is 0 Å². The molecule has 0 radical (unpaired) electrons. The Labute approximate surface area is 52.7 Å². The van der Waals surface area contributed by atoms with Crippen LogP contribution < -0.4 is 0 Å². The number of hydrogen-bond donors (Lipinski definition) is 3. The number of ether oxygens (including phenoxy) is 1. The maximum atomic E-state index is 8.86. The van der Waals surface area contributed by atoms with E-state index in [0.29, 0.717) is 0 Å². The maximum Gasteiger partial charge on any atom is 0.157 e. The van der Waals surface area contributed by atoms with Gasteiger partial charge in [-0.15, -0.1) is 0 Å². The predicted molar refractivity (Wildman–Crippen MR) is 28.6 cm³/mol. The Bertz CT molecular complexity index is 95.0. The highest BCUT2D eigenvalue weighted by Gasteiger charge is 2.26. The smallest absolute Gasteiger partial charge is 0.157 e. The molecule has 1 aliphatic rings. The Morgan fingerprint density at radius 1 is 1.11 bits per heavy atom. The van der Waals surface area contributed by atoms with Gasteiger partial charge < -0.3 is 20.1 Å². The van der Waals surface area contributed by atoms with Crippen molar-refractivity contribution in [1.82, 2.24) is 0 Å². The van der Waals surface area contributed by atoms with Crippen LogP contribution in [0.15, 0.2) is 0 Å². The van der Waals surface area contributed by atoms with E-state index >= 15 is 0 Å². The highest BCUT2D eigenvalue weighted by Crippen LogP contribution is 2.11. The summed E-state index contributed by atoms with van der Waals surface area (Å²) in [4.78, 5) is 0. The minimum atomic E-state index is -0.914. The molecule has 0 spiro atoms. The number of aliphatic hydroxyl groups excluding tert-OH is 3. The molecule has 0 unspecified atom stereocenters. The van der Waals surface area contributed by atoms with Crippen molar-refractivity contribution in [3.05, 3.63) is 0 Å². The summed E-state index contributed by atoms with van der Waals surface area (Å²) in [6.45, 7) is 0.0162. The third kappa shape index (κ3) is 1.62. The summed E-state index contributed by atoms with van der Waals surface area (Å²) < 4.78 is 4.61. The average Bonchev–Trinajstić information content (AvgIpc) is 1.80. The highest BCUT2D eigenvalue weighted by atomic mass is 16.6. The molecule has 0 saturated carbocycles. The molecular weight excluding hydrogens is 124 g/mol. The van der Waals surface area contributed by atoms with Gasteiger partial charge in [-0.25, -0.2) is 0 Å². The van der Waals surface area contributed by atoms with Crippen LogP contribution in [0.2, 0.25) is 0 Å². The summed E-state index contributed by atoms with van der Waals surface area (Å²) in [6.07, 6.45) is -2.49. The fourth-order valence-electron chi connectivity index (χ4n) is 0.752. The van der Waals surface area contributed by atoms with E-state index in [4.69, 9.17) is 15.3 Å². The van der Waals surface area contributed by atoms with Crippen LogP contribution in [0.5, 0.6) is 0 Å². The summed E-state index contributed by atoms with van der Waals surface area (Å²) in [5, 5.41) is 26.4. The predicted octanol–water partition coefficient (Wildman–Crippen LogP) is -1.55. The Morgan fingerprint density at radius 2 is 1.78 bits per heavy atom. The van der Waals surface area contributed by atoms with Crippen LogP contribution in [0.3, 0.4) is 0 Å². The fourth-order valence-corrected chi connectivity index (χ4v) is 0.752. The van der Waals surface area contributed by atoms with Gasteiger partial charge in [0, 0.05) is 6.42 Å². The zero-order valence-corrected chi connectivity index (χ0v) is 4.90. The SMILES string of the molecule is O[C@@H]1C[C@@H](O)[C@H](O)CO1. The first-order chi connectivity index (χ1) is 4.20. The van der Waals surface area contributed by atoms with Gasteiger partial charge in [0.05, 0.1) is 12.7 Å². The van der Waals surface area contributed by atoms with E-state index < -0.39 is 18.5 Å². The quantitative estimate of drug-likeness (QED) is 0.375. The molecule has 4 nitrogen and oxygen atoms in total. The van der Waals surface area contributed by atoms with Crippen molar-refractivity contribution in [2.75, 3.05) is 6.61 Å². The van der Waals surface area contributed by atoms with Crippen LogP contribution in [-0.2, 0) is 4.74 Å². The van der Waals surface area contributed by atoms with E-state index in [-0.39, 0.29) is 13.0 Å². The van der Waals surface area contributed by atoms with Crippen molar-refractivity contribution < 1.29 is 20.1 Å². The second kappa shape index (κ2) is 2.62. The maximum absolute atomic E-state index is 8.86. The molecule has 0 aliphatic carbocycles. The largest absolute Gasteiger partial charge is 0.390 e. The van der Waals surface area contributed by atoms with Crippen molar-refractivity contribution in [2.24, 2.45) is 0 Å². The second-order valence-electron chi connectivity index (χ2n) is 2.16. The van der Waals surface area contributed by atoms with Gasteiger partial charge in [-0.3, -0.25) is 0 Å². The first-order valence-corrected chi connectivity index (χ1v) is 2.86. The normalized spacial score (nSPS) is 45.0. The van der Waals surface area contributed by atoms with Crippen LogP contribution in [0.25, 0.3) is 0 Å². The van der Waals surface area contributed by atoms with Crippen LogP contribution in [0.1, 0.15) is 6.42 Å². The molecule has 1 saturated heterocycles. The van der Waals surface area contributed by atoms with Crippen molar-refractivity contribution >= 4 is 0 Å². The molecule has 1 aliphatic heterocycles.